The summed E-state index contributed by atoms with van der Waals surface area (Å²) >= 11 is 0. The molecule has 0 spiro atoms. The van der Waals surface area contributed by atoms with Crippen LogP contribution in [0, 0.1) is 0 Å². The summed E-state index contributed by atoms with van der Waals surface area (Å²) < 4.78 is 5.21. The Morgan fingerprint density at radius 1 is 1.26 bits per heavy atom. The second-order valence-electron chi connectivity index (χ2n) is 4.67. The maximum Gasteiger partial charge on any atom is 0.332 e. The summed E-state index contributed by atoms with van der Waals surface area (Å²) in [5.74, 6) is -1.26. The van der Waals surface area contributed by atoms with Crippen molar-refractivity contribution >= 4 is 11.9 Å². The SMILES string of the molecule is C[C@@H](NC(=O)C1CCC(C(=O)O)O1)c1ccccc1. The van der Waals surface area contributed by atoms with Gasteiger partial charge in [-0.25, -0.2) is 4.79 Å². The van der Waals surface area contributed by atoms with E-state index in [9.17, 15) is 9.59 Å². The van der Waals surface area contributed by atoms with Gasteiger partial charge in [0.25, 0.3) is 0 Å². The number of carbonyl (C=O) groups excluding carboxylic acids is 1. The average Bonchev–Trinajstić information content (AvgIpc) is 2.89. The standard InChI is InChI=1S/C14H17NO4/c1-9(10-5-3-2-4-6-10)15-13(16)11-7-8-12(19-11)14(17)18/h2-6,9,11-12H,7-8H2,1H3,(H,15,16)(H,17,18)/t9-,11?,12?/m1/s1. The van der Waals surface area contributed by atoms with E-state index < -0.39 is 18.2 Å². The summed E-state index contributed by atoms with van der Waals surface area (Å²) in [6.45, 7) is 1.89. The number of aliphatic carboxylic acids is 1. The van der Waals surface area contributed by atoms with Crippen LogP contribution in [0.15, 0.2) is 30.3 Å². The van der Waals surface area contributed by atoms with Gasteiger partial charge in [0.2, 0.25) is 5.91 Å². The van der Waals surface area contributed by atoms with Gasteiger partial charge in [0.05, 0.1) is 6.04 Å². The molecule has 0 bridgehead atoms. The van der Waals surface area contributed by atoms with Gasteiger partial charge in [0.15, 0.2) is 6.10 Å². The Morgan fingerprint density at radius 3 is 2.47 bits per heavy atom. The van der Waals surface area contributed by atoms with Crippen molar-refractivity contribution in [3.05, 3.63) is 35.9 Å². The monoisotopic (exact) mass is 263 g/mol. The molecule has 5 heteroatoms. The van der Waals surface area contributed by atoms with Crippen LogP contribution in [0.4, 0.5) is 0 Å². The Hall–Kier alpha value is -1.88. The second kappa shape index (κ2) is 5.84. The molecular formula is C14H17NO4. The highest BCUT2D eigenvalue weighted by molar-refractivity contribution is 5.82. The quantitative estimate of drug-likeness (QED) is 0.863. The number of amides is 1. The lowest BCUT2D eigenvalue weighted by atomic mass is 10.1. The molecule has 2 rings (SSSR count). The van der Waals surface area contributed by atoms with E-state index in [0.717, 1.165) is 5.56 Å². The van der Waals surface area contributed by atoms with Crippen molar-refractivity contribution in [2.24, 2.45) is 0 Å². The minimum Gasteiger partial charge on any atom is -0.479 e. The van der Waals surface area contributed by atoms with Crippen LogP contribution in [0.2, 0.25) is 0 Å². The van der Waals surface area contributed by atoms with Gasteiger partial charge in [0.1, 0.15) is 6.10 Å². The van der Waals surface area contributed by atoms with Gasteiger partial charge in [-0.1, -0.05) is 30.3 Å². The molecule has 3 atom stereocenters. The molecule has 1 aromatic carbocycles. The average molecular weight is 263 g/mol. The molecule has 2 N–H and O–H groups in total. The number of benzene rings is 1. The Kier molecular flexibility index (Phi) is 4.16. The van der Waals surface area contributed by atoms with Crippen LogP contribution >= 0.6 is 0 Å². The van der Waals surface area contributed by atoms with Crippen molar-refractivity contribution < 1.29 is 19.4 Å². The number of rotatable bonds is 4. The number of ether oxygens (including phenoxy) is 1. The third kappa shape index (κ3) is 3.32. The number of carboxylic acids is 1. The number of carboxylic acid groups (broad SMARTS) is 1. The molecule has 0 aliphatic carbocycles. The summed E-state index contributed by atoms with van der Waals surface area (Å²) in [5.41, 5.74) is 1.00. The molecule has 2 unspecified atom stereocenters. The highest BCUT2D eigenvalue weighted by Gasteiger charge is 2.35. The van der Waals surface area contributed by atoms with Crippen molar-refractivity contribution in [2.45, 2.75) is 38.0 Å². The summed E-state index contributed by atoms with van der Waals surface area (Å²) in [6, 6.07) is 9.47. The lowest BCUT2D eigenvalue weighted by molar-refractivity contribution is -0.151. The molecule has 1 heterocycles. The molecule has 0 aromatic heterocycles. The third-order valence-electron chi connectivity index (χ3n) is 3.25. The summed E-state index contributed by atoms with van der Waals surface area (Å²) in [4.78, 5) is 22.7. The summed E-state index contributed by atoms with van der Waals surface area (Å²) in [5, 5.41) is 11.7. The van der Waals surface area contributed by atoms with Crippen LogP contribution in [-0.4, -0.2) is 29.2 Å². The predicted octanol–water partition coefficient (Wildman–Crippen LogP) is 1.50. The van der Waals surface area contributed by atoms with Crippen LogP contribution in [0.1, 0.15) is 31.4 Å². The Labute approximate surface area is 111 Å². The first-order valence-corrected chi connectivity index (χ1v) is 6.31. The lowest BCUT2D eigenvalue weighted by Crippen LogP contribution is -2.37. The summed E-state index contributed by atoms with van der Waals surface area (Å²) in [7, 11) is 0. The van der Waals surface area contributed by atoms with Crippen molar-refractivity contribution in [3.63, 3.8) is 0 Å². The van der Waals surface area contributed by atoms with Crippen LogP contribution in [0.5, 0.6) is 0 Å². The molecule has 19 heavy (non-hydrogen) atoms. The molecule has 0 radical (unpaired) electrons. The smallest absolute Gasteiger partial charge is 0.332 e. The Balaban J connectivity index is 1.90. The molecule has 1 amide bonds. The van der Waals surface area contributed by atoms with Gasteiger partial charge in [-0.3, -0.25) is 4.79 Å². The van der Waals surface area contributed by atoms with Gasteiger partial charge >= 0.3 is 5.97 Å². The largest absolute Gasteiger partial charge is 0.479 e. The third-order valence-corrected chi connectivity index (χ3v) is 3.25. The number of nitrogens with one attached hydrogen (secondary N) is 1. The zero-order chi connectivity index (χ0) is 13.8. The molecule has 1 fully saturated rings. The van der Waals surface area contributed by atoms with E-state index in [4.69, 9.17) is 9.84 Å². The van der Waals surface area contributed by atoms with Crippen LogP contribution in [0.3, 0.4) is 0 Å². The van der Waals surface area contributed by atoms with Crippen molar-refractivity contribution in [3.8, 4) is 0 Å². The van der Waals surface area contributed by atoms with E-state index in [1.165, 1.54) is 0 Å². The van der Waals surface area contributed by atoms with Crippen molar-refractivity contribution in [1.29, 1.82) is 0 Å². The molecule has 102 valence electrons. The zero-order valence-electron chi connectivity index (χ0n) is 10.7. The fourth-order valence-corrected chi connectivity index (χ4v) is 2.14. The van der Waals surface area contributed by atoms with Gasteiger partial charge in [-0.15, -0.1) is 0 Å². The fraction of sp³-hybridized carbons (Fsp3) is 0.429. The fourth-order valence-electron chi connectivity index (χ4n) is 2.14. The highest BCUT2D eigenvalue weighted by Crippen LogP contribution is 2.21. The molecule has 1 aliphatic heterocycles. The first-order chi connectivity index (χ1) is 9.08. The van der Waals surface area contributed by atoms with Gasteiger partial charge in [-0.05, 0) is 25.3 Å². The Bertz CT molecular complexity index is 460. The van der Waals surface area contributed by atoms with Crippen LogP contribution in [-0.2, 0) is 14.3 Å². The van der Waals surface area contributed by atoms with Gasteiger partial charge < -0.3 is 15.2 Å². The van der Waals surface area contributed by atoms with E-state index in [-0.39, 0.29) is 11.9 Å². The minimum absolute atomic E-state index is 0.124. The molecule has 1 aromatic rings. The lowest BCUT2D eigenvalue weighted by Gasteiger charge is -2.17. The maximum atomic E-state index is 12.0. The van der Waals surface area contributed by atoms with E-state index >= 15 is 0 Å². The zero-order valence-corrected chi connectivity index (χ0v) is 10.7. The normalized spacial score (nSPS) is 23.8. The number of hydrogen-bond donors (Lipinski definition) is 2. The van der Waals surface area contributed by atoms with Gasteiger partial charge in [0, 0.05) is 0 Å². The predicted molar refractivity (Wildman–Crippen MR) is 68.5 cm³/mol. The van der Waals surface area contributed by atoms with Crippen LogP contribution < -0.4 is 5.32 Å². The van der Waals surface area contributed by atoms with Crippen molar-refractivity contribution in [2.75, 3.05) is 0 Å². The van der Waals surface area contributed by atoms with E-state index in [2.05, 4.69) is 5.32 Å². The minimum atomic E-state index is -1.01. The highest BCUT2D eigenvalue weighted by atomic mass is 16.5. The van der Waals surface area contributed by atoms with Gasteiger partial charge in [-0.2, -0.15) is 0 Å². The first-order valence-electron chi connectivity index (χ1n) is 6.31. The topological polar surface area (TPSA) is 75.6 Å². The van der Waals surface area contributed by atoms with E-state index in [1.54, 1.807) is 0 Å². The molecular weight excluding hydrogens is 246 g/mol. The van der Waals surface area contributed by atoms with E-state index in [1.807, 2.05) is 37.3 Å². The molecule has 1 saturated heterocycles. The Morgan fingerprint density at radius 2 is 1.89 bits per heavy atom. The summed E-state index contributed by atoms with van der Waals surface area (Å²) in [6.07, 6.45) is -0.688. The molecule has 5 nitrogen and oxygen atoms in total. The molecule has 0 saturated carbocycles. The number of hydrogen-bond acceptors (Lipinski definition) is 3. The second-order valence-corrected chi connectivity index (χ2v) is 4.67. The maximum absolute atomic E-state index is 12.0. The number of carbonyl (C=O) groups is 2. The first kappa shape index (κ1) is 13.5. The molecule has 1 aliphatic rings. The van der Waals surface area contributed by atoms with Crippen molar-refractivity contribution in [1.82, 2.24) is 5.32 Å². The van der Waals surface area contributed by atoms with E-state index in [0.29, 0.717) is 12.8 Å². The van der Waals surface area contributed by atoms with Crippen LogP contribution in [0.25, 0.3) is 0 Å².